The van der Waals surface area contributed by atoms with E-state index < -0.39 is 0 Å². The lowest BCUT2D eigenvalue weighted by Gasteiger charge is -2.35. The van der Waals surface area contributed by atoms with E-state index in [0.717, 1.165) is 49.5 Å². The average molecular weight is 276 g/mol. The van der Waals surface area contributed by atoms with Crippen molar-refractivity contribution in [2.45, 2.75) is 33.2 Å². The van der Waals surface area contributed by atoms with Crippen LogP contribution in [-0.4, -0.2) is 42.0 Å². The van der Waals surface area contributed by atoms with Gasteiger partial charge in [-0.2, -0.15) is 0 Å². The van der Waals surface area contributed by atoms with Crippen LogP contribution in [0, 0.1) is 6.92 Å². The number of anilines is 1. The molecule has 1 unspecified atom stereocenters. The van der Waals surface area contributed by atoms with E-state index in [2.05, 4.69) is 29.8 Å². The zero-order valence-corrected chi connectivity index (χ0v) is 12.6. The topological polar surface area (TPSA) is 62.5 Å². The van der Waals surface area contributed by atoms with Crippen molar-refractivity contribution in [1.82, 2.24) is 9.88 Å². The first-order valence-corrected chi connectivity index (χ1v) is 7.25. The standard InChI is InChI=1S/C15H24N4O/c1-4-14(16)13-9-11(2)15(17-10-13)19-7-5-18(6-8-19)12(3)20/h9-10,14H,4-8,16H2,1-3H3. The summed E-state index contributed by atoms with van der Waals surface area (Å²) in [5.41, 5.74) is 8.29. The first-order chi connectivity index (χ1) is 9.52. The molecule has 1 amide bonds. The molecule has 1 aliphatic heterocycles. The molecular weight excluding hydrogens is 252 g/mol. The van der Waals surface area contributed by atoms with Gasteiger partial charge in [0.1, 0.15) is 5.82 Å². The maximum Gasteiger partial charge on any atom is 0.219 e. The average Bonchev–Trinajstić information content (AvgIpc) is 2.46. The molecule has 5 heteroatoms. The fourth-order valence-corrected chi connectivity index (χ4v) is 2.59. The van der Waals surface area contributed by atoms with E-state index >= 15 is 0 Å². The Morgan fingerprint density at radius 2 is 2.05 bits per heavy atom. The number of piperazine rings is 1. The minimum Gasteiger partial charge on any atom is -0.353 e. The fraction of sp³-hybridized carbons (Fsp3) is 0.600. The van der Waals surface area contributed by atoms with E-state index in [1.54, 1.807) is 6.92 Å². The summed E-state index contributed by atoms with van der Waals surface area (Å²) in [5, 5.41) is 0. The van der Waals surface area contributed by atoms with Crippen molar-refractivity contribution in [3.05, 3.63) is 23.4 Å². The lowest BCUT2D eigenvalue weighted by molar-refractivity contribution is -0.129. The molecule has 5 nitrogen and oxygen atoms in total. The van der Waals surface area contributed by atoms with Crippen molar-refractivity contribution >= 4 is 11.7 Å². The molecule has 1 aliphatic rings. The normalized spacial score (nSPS) is 17.2. The van der Waals surface area contributed by atoms with Crippen LogP contribution in [0.25, 0.3) is 0 Å². The summed E-state index contributed by atoms with van der Waals surface area (Å²) in [7, 11) is 0. The molecule has 20 heavy (non-hydrogen) atoms. The minimum atomic E-state index is 0.0600. The molecule has 1 saturated heterocycles. The van der Waals surface area contributed by atoms with Crippen molar-refractivity contribution in [1.29, 1.82) is 0 Å². The third-order valence-electron chi connectivity index (χ3n) is 3.96. The second-order valence-electron chi connectivity index (χ2n) is 5.42. The number of hydrogen-bond acceptors (Lipinski definition) is 4. The van der Waals surface area contributed by atoms with Crippen molar-refractivity contribution in [3.63, 3.8) is 0 Å². The molecule has 0 spiro atoms. The predicted molar refractivity (Wildman–Crippen MR) is 80.7 cm³/mol. The highest BCUT2D eigenvalue weighted by molar-refractivity contribution is 5.73. The van der Waals surface area contributed by atoms with Gasteiger partial charge in [0, 0.05) is 45.3 Å². The van der Waals surface area contributed by atoms with Crippen molar-refractivity contribution in [2.24, 2.45) is 5.73 Å². The third kappa shape index (κ3) is 3.10. The Labute approximate surface area is 120 Å². The second-order valence-corrected chi connectivity index (χ2v) is 5.42. The quantitative estimate of drug-likeness (QED) is 0.908. The summed E-state index contributed by atoms with van der Waals surface area (Å²) >= 11 is 0. The fourth-order valence-electron chi connectivity index (χ4n) is 2.59. The van der Waals surface area contributed by atoms with Crippen molar-refractivity contribution in [3.8, 4) is 0 Å². The molecule has 0 radical (unpaired) electrons. The number of hydrogen-bond donors (Lipinski definition) is 1. The molecule has 0 bridgehead atoms. The van der Waals surface area contributed by atoms with Gasteiger partial charge in [-0.1, -0.05) is 6.92 Å². The van der Waals surface area contributed by atoms with Crippen LogP contribution < -0.4 is 10.6 Å². The number of pyridine rings is 1. The summed E-state index contributed by atoms with van der Waals surface area (Å²) < 4.78 is 0. The molecule has 1 atom stereocenters. The highest BCUT2D eigenvalue weighted by Gasteiger charge is 2.21. The van der Waals surface area contributed by atoms with Gasteiger partial charge in [0.25, 0.3) is 0 Å². The largest absolute Gasteiger partial charge is 0.353 e. The number of nitrogens with two attached hydrogens (primary N) is 1. The molecule has 2 N–H and O–H groups in total. The number of nitrogens with zero attached hydrogens (tertiary/aromatic N) is 3. The van der Waals surface area contributed by atoms with Crippen molar-refractivity contribution in [2.75, 3.05) is 31.1 Å². The summed E-state index contributed by atoms with van der Waals surface area (Å²) in [6.07, 6.45) is 2.80. The van der Waals surface area contributed by atoms with E-state index in [1.807, 2.05) is 11.1 Å². The van der Waals surface area contributed by atoms with Gasteiger partial charge in [-0.25, -0.2) is 4.98 Å². The Balaban J connectivity index is 2.09. The van der Waals surface area contributed by atoms with Gasteiger partial charge < -0.3 is 15.5 Å². The van der Waals surface area contributed by atoms with E-state index in [1.165, 1.54) is 0 Å². The highest BCUT2D eigenvalue weighted by Crippen LogP contribution is 2.22. The van der Waals surface area contributed by atoms with Gasteiger partial charge in [0.05, 0.1) is 0 Å². The van der Waals surface area contributed by atoms with Crippen molar-refractivity contribution < 1.29 is 4.79 Å². The summed E-state index contributed by atoms with van der Waals surface area (Å²) in [6, 6.07) is 2.19. The third-order valence-corrected chi connectivity index (χ3v) is 3.96. The number of rotatable bonds is 3. The number of aryl methyl sites for hydroxylation is 1. The second kappa shape index (κ2) is 6.22. The molecular formula is C15H24N4O. The minimum absolute atomic E-state index is 0.0600. The first kappa shape index (κ1) is 14.8. The predicted octanol–water partition coefficient (Wildman–Crippen LogP) is 1.47. The molecule has 1 aromatic rings. The molecule has 110 valence electrons. The first-order valence-electron chi connectivity index (χ1n) is 7.25. The van der Waals surface area contributed by atoms with Crippen LogP contribution in [0.2, 0.25) is 0 Å². The number of aromatic nitrogens is 1. The molecule has 1 aromatic heterocycles. The van der Waals surface area contributed by atoms with Crippen LogP contribution >= 0.6 is 0 Å². The van der Waals surface area contributed by atoms with Crippen LogP contribution in [0.1, 0.15) is 37.4 Å². The maximum absolute atomic E-state index is 11.3. The van der Waals surface area contributed by atoms with E-state index in [-0.39, 0.29) is 11.9 Å². The maximum atomic E-state index is 11.3. The molecule has 0 aromatic carbocycles. The van der Waals surface area contributed by atoms with Crippen LogP contribution in [-0.2, 0) is 4.79 Å². The van der Waals surface area contributed by atoms with Gasteiger partial charge in [0.2, 0.25) is 5.91 Å². The van der Waals surface area contributed by atoms with E-state index in [4.69, 9.17) is 5.73 Å². The van der Waals surface area contributed by atoms with Crippen LogP contribution in [0.5, 0.6) is 0 Å². The Kier molecular flexibility index (Phi) is 4.60. The van der Waals surface area contributed by atoms with Gasteiger partial charge >= 0.3 is 0 Å². The number of amides is 1. The Bertz CT molecular complexity index is 481. The lowest BCUT2D eigenvalue weighted by atomic mass is 10.1. The zero-order valence-electron chi connectivity index (χ0n) is 12.6. The van der Waals surface area contributed by atoms with Gasteiger partial charge in [-0.3, -0.25) is 4.79 Å². The van der Waals surface area contributed by atoms with Gasteiger partial charge in [-0.15, -0.1) is 0 Å². The summed E-state index contributed by atoms with van der Waals surface area (Å²) in [6.45, 7) is 9.00. The van der Waals surface area contributed by atoms with Crippen LogP contribution in [0.3, 0.4) is 0 Å². The summed E-state index contributed by atoms with van der Waals surface area (Å²) in [4.78, 5) is 20.1. The Morgan fingerprint density at radius 3 is 2.55 bits per heavy atom. The lowest BCUT2D eigenvalue weighted by Crippen LogP contribution is -2.48. The van der Waals surface area contributed by atoms with E-state index in [9.17, 15) is 4.79 Å². The molecule has 1 fully saturated rings. The molecule has 2 rings (SSSR count). The molecule has 0 saturated carbocycles. The highest BCUT2D eigenvalue weighted by atomic mass is 16.2. The van der Waals surface area contributed by atoms with Crippen LogP contribution in [0.15, 0.2) is 12.3 Å². The Hall–Kier alpha value is -1.62. The number of carbonyl (C=O) groups is 1. The smallest absolute Gasteiger partial charge is 0.219 e. The van der Waals surface area contributed by atoms with Crippen LogP contribution in [0.4, 0.5) is 5.82 Å². The SMILES string of the molecule is CCC(N)c1cnc(N2CCN(C(C)=O)CC2)c(C)c1. The molecule has 2 heterocycles. The molecule has 0 aliphatic carbocycles. The van der Waals surface area contributed by atoms with Gasteiger partial charge in [-0.05, 0) is 30.5 Å². The monoisotopic (exact) mass is 276 g/mol. The zero-order chi connectivity index (χ0) is 14.7. The Morgan fingerprint density at radius 1 is 1.40 bits per heavy atom. The summed E-state index contributed by atoms with van der Waals surface area (Å²) in [5.74, 6) is 1.17. The van der Waals surface area contributed by atoms with E-state index in [0.29, 0.717) is 0 Å². The van der Waals surface area contributed by atoms with Gasteiger partial charge in [0.15, 0.2) is 0 Å². The number of carbonyl (C=O) groups excluding carboxylic acids is 1.